The molecule has 0 radical (unpaired) electrons. The second-order valence-electron chi connectivity index (χ2n) is 27.6. The maximum atomic E-state index is 2.46. The van der Waals surface area contributed by atoms with Crippen molar-refractivity contribution in [2.24, 2.45) is 0 Å². The molecule has 0 unspecified atom stereocenters. The number of aryl methyl sites for hydroxylation is 2. The molecule has 0 heterocycles. The summed E-state index contributed by atoms with van der Waals surface area (Å²) in [6.45, 7) is 18.0. The highest BCUT2D eigenvalue weighted by Crippen LogP contribution is 2.50. The summed E-state index contributed by atoms with van der Waals surface area (Å²) in [5, 5.41) is 9.40. The fourth-order valence-corrected chi connectivity index (χ4v) is 13.8. The van der Waals surface area contributed by atoms with E-state index in [0.29, 0.717) is 0 Å². The molecule has 4 nitrogen and oxygen atoms in total. The number of anilines is 12. The summed E-state index contributed by atoms with van der Waals surface area (Å²) >= 11 is 0. The summed E-state index contributed by atoms with van der Waals surface area (Å²) in [6.07, 6.45) is 0. The van der Waals surface area contributed by atoms with Crippen LogP contribution in [0.15, 0.2) is 328 Å². The molecule has 0 aromatic heterocycles. The first-order valence-electron chi connectivity index (χ1n) is 33.5. The van der Waals surface area contributed by atoms with Crippen LogP contribution in [0.3, 0.4) is 0 Å². The Balaban J connectivity index is 0.997. The van der Waals surface area contributed by atoms with Gasteiger partial charge in [-0.05, 0) is 247 Å². The van der Waals surface area contributed by atoms with E-state index in [9.17, 15) is 0 Å². The van der Waals surface area contributed by atoms with E-state index in [0.717, 1.165) is 112 Å². The summed E-state index contributed by atoms with van der Waals surface area (Å²) in [5.41, 5.74) is 22.5. The monoisotopic (exact) mass is 1240 g/mol. The van der Waals surface area contributed by atoms with Gasteiger partial charge in [0.05, 0.1) is 0 Å². The average Bonchev–Trinajstić information content (AvgIpc) is 0.725. The summed E-state index contributed by atoms with van der Waals surface area (Å²) in [5.74, 6) is 0. The molecule has 0 fully saturated rings. The van der Waals surface area contributed by atoms with Crippen molar-refractivity contribution in [3.05, 3.63) is 350 Å². The Hall–Kier alpha value is -11.5. The molecule has 4 heteroatoms. The third-order valence-electron chi connectivity index (χ3n) is 19.0. The highest BCUT2D eigenvalue weighted by atomic mass is 15.2. The summed E-state index contributed by atoms with van der Waals surface area (Å²) in [7, 11) is 0. The minimum Gasteiger partial charge on any atom is -0.310 e. The van der Waals surface area contributed by atoms with Gasteiger partial charge < -0.3 is 19.6 Å². The van der Waals surface area contributed by atoms with Crippen LogP contribution in [-0.4, -0.2) is 0 Å². The molecule has 0 amide bonds. The maximum Gasteiger partial charge on any atom is 0.0468 e. The van der Waals surface area contributed by atoms with Crippen molar-refractivity contribution in [3.8, 4) is 22.3 Å². The Kier molecular flexibility index (Phi) is 15.9. The van der Waals surface area contributed by atoms with Gasteiger partial charge in [0.2, 0.25) is 0 Å². The third kappa shape index (κ3) is 11.9. The van der Waals surface area contributed by atoms with Crippen LogP contribution in [0, 0.1) is 13.8 Å². The Labute approximate surface area is 565 Å². The van der Waals surface area contributed by atoms with Crippen LogP contribution in [0.1, 0.15) is 63.8 Å². The van der Waals surface area contributed by atoms with E-state index in [-0.39, 0.29) is 10.8 Å². The van der Waals surface area contributed by atoms with Crippen molar-refractivity contribution in [3.63, 3.8) is 0 Å². The molecule has 0 atom stereocenters. The van der Waals surface area contributed by atoms with Gasteiger partial charge >= 0.3 is 0 Å². The third-order valence-corrected chi connectivity index (χ3v) is 19.0. The molecule has 15 aromatic rings. The highest BCUT2D eigenvalue weighted by molar-refractivity contribution is 6.23. The van der Waals surface area contributed by atoms with Gasteiger partial charge in [0.25, 0.3) is 0 Å². The van der Waals surface area contributed by atoms with Gasteiger partial charge in [-0.3, -0.25) is 0 Å². The topological polar surface area (TPSA) is 13.0 Å². The Morgan fingerprint density at radius 3 is 0.771 bits per heavy atom. The second kappa shape index (κ2) is 25.1. The van der Waals surface area contributed by atoms with E-state index in [1.165, 1.54) is 43.8 Å². The molecule has 466 valence electrons. The van der Waals surface area contributed by atoms with Crippen molar-refractivity contribution in [2.75, 3.05) is 19.6 Å². The molecule has 0 saturated heterocycles. The highest BCUT2D eigenvalue weighted by Gasteiger charge is 2.25. The molecule has 0 bridgehead atoms. The summed E-state index contributed by atoms with van der Waals surface area (Å²) < 4.78 is 0. The predicted octanol–water partition coefficient (Wildman–Crippen LogP) is 26.7. The fourth-order valence-electron chi connectivity index (χ4n) is 13.8. The van der Waals surface area contributed by atoms with E-state index in [4.69, 9.17) is 0 Å². The van der Waals surface area contributed by atoms with Crippen LogP contribution in [0.4, 0.5) is 68.2 Å². The smallest absolute Gasteiger partial charge is 0.0468 e. The standard InChI is InChI=1S/C92H78N4/c1-63-27-41-75(42-28-63)95(79-51-37-71(38-52-79)91(3,4)5)83-55-57-85-87(61-83)89(67-33-45-77(46-34-67)93(73-23-11-9-12-24-73)81-49-31-65-19-15-17-21-69(65)59-81)86-58-56-84(96(76-43-29-64(2)30-44-76)80-53-39-72(40-54-80)92(6,7)8)62-88(86)90(85)68-35-47-78(48-36-68)94(74-25-13-10-14-26-74)82-50-32-66-20-16-18-22-70(66)60-82/h9-62H,1-8H3. The van der Waals surface area contributed by atoms with E-state index in [2.05, 4.69) is 403 Å². The fraction of sp³-hybridized carbons (Fsp3) is 0.109. The van der Waals surface area contributed by atoms with Crippen LogP contribution >= 0.6 is 0 Å². The normalized spacial score (nSPS) is 11.8. The van der Waals surface area contributed by atoms with Crippen LogP contribution in [0.5, 0.6) is 0 Å². The molecule has 0 aliphatic heterocycles. The summed E-state index contributed by atoms with van der Waals surface area (Å²) in [6, 6.07) is 122. The van der Waals surface area contributed by atoms with Gasteiger partial charge in [-0.2, -0.15) is 0 Å². The lowest BCUT2D eigenvalue weighted by Crippen LogP contribution is -2.13. The van der Waals surface area contributed by atoms with Crippen molar-refractivity contribution in [1.82, 2.24) is 0 Å². The van der Waals surface area contributed by atoms with Crippen LogP contribution < -0.4 is 19.6 Å². The first kappa shape index (κ1) is 60.8. The SMILES string of the molecule is Cc1ccc(N(c2ccc(C(C)(C)C)cc2)c2ccc3c(-c4ccc(N(c5ccccc5)c5ccc6ccccc6c5)cc4)c4cc(N(c5ccc(C)cc5)c5ccc(C(C)(C)C)cc5)ccc4c(-c4ccc(N(c5ccccc5)c5ccc6ccccc6c5)cc4)c3c2)cc1. The van der Waals surface area contributed by atoms with Crippen molar-refractivity contribution < 1.29 is 0 Å². The van der Waals surface area contributed by atoms with Gasteiger partial charge in [0, 0.05) is 68.2 Å². The average molecular weight is 1240 g/mol. The second-order valence-corrected chi connectivity index (χ2v) is 27.6. The minimum absolute atomic E-state index is 0.00589. The molecule has 0 saturated carbocycles. The number of hydrogen-bond donors (Lipinski definition) is 0. The van der Waals surface area contributed by atoms with Crippen molar-refractivity contribution in [2.45, 2.75) is 66.2 Å². The minimum atomic E-state index is -0.00589. The molecule has 15 rings (SSSR count). The summed E-state index contributed by atoms with van der Waals surface area (Å²) in [4.78, 5) is 9.61. The van der Waals surface area contributed by atoms with Crippen molar-refractivity contribution >= 4 is 111 Å². The first-order valence-corrected chi connectivity index (χ1v) is 33.5. The van der Waals surface area contributed by atoms with E-state index in [1.807, 2.05) is 0 Å². The molecule has 0 N–H and O–H groups in total. The molecule has 15 aromatic carbocycles. The van der Waals surface area contributed by atoms with Gasteiger partial charge in [-0.1, -0.05) is 235 Å². The van der Waals surface area contributed by atoms with E-state index >= 15 is 0 Å². The molecular weight excluding hydrogens is 1160 g/mol. The molecule has 0 aliphatic rings. The predicted molar refractivity (Wildman–Crippen MR) is 413 cm³/mol. The zero-order valence-corrected chi connectivity index (χ0v) is 56.0. The Bertz CT molecular complexity index is 4940. The number of benzene rings is 15. The lowest BCUT2D eigenvalue weighted by Gasteiger charge is -2.29. The lowest BCUT2D eigenvalue weighted by molar-refractivity contribution is 0.590. The molecule has 0 spiro atoms. The number of para-hydroxylation sites is 2. The zero-order chi connectivity index (χ0) is 65.7. The van der Waals surface area contributed by atoms with Crippen molar-refractivity contribution in [1.29, 1.82) is 0 Å². The number of nitrogens with zero attached hydrogens (tertiary/aromatic N) is 4. The molecule has 0 aliphatic carbocycles. The van der Waals surface area contributed by atoms with Crippen LogP contribution in [0.2, 0.25) is 0 Å². The Morgan fingerprint density at radius 1 is 0.198 bits per heavy atom. The number of fused-ring (bicyclic) bond motifs is 4. The van der Waals surface area contributed by atoms with Crippen LogP contribution in [-0.2, 0) is 10.8 Å². The van der Waals surface area contributed by atoms with E-state index in [1.54, 1.807) is 0 Å². The molecule has 96 heavy (non-hydrogen) atoms. The Morgan fingerprint density at radius 2 is 0.448 bits per heavy atom. The lowest BCUT2D eigenvalue weighted by atomic mass is 9.85. The number of rotatable bonds is 14. The van der Waals surface area contributed by atoms with E-state index < -0.39 is 0 Å². The maximum absolute atomic E-state index is 2.46. The zero-order valence-electron chi connectivity index (χ0n) is 56.0. The largest absolute Gasteiger partial charge is 0.310 e. The quantitative estimate of drug-likeness (QED) is 0.101. The van der Waals surface area contributed by atoms with Gasteiger partial charge in [0.1, 0.15) is 0 Å². The van der Waals surface area contributed by atoms with Crippen LogP contribution in [0.25, 0.3) is 65.3 Å². The van der Waals surface area contributed by atoms with Gasteiger partial charge in [0.15, 0.2) is 0 Å². The first-order chi connectivity index (χ1) is 46.7. The van der Waals surface area contributed by atoms with Gasteiger partial charge in [-0.25, -0.2) is 0 Å². The van der Waals surface area contributed by atoms with Gasteiger partial charge in [-0.15, -0.1) is 0 Å². The number of hydrogen-bond acceptors (Lipinski definition) is 4. The molecular formula is C92H78N4.